The van der Waals surface area contributed by atoms with Crippen LogP contribution in [0, 0.1) is 0 Å². The molecule has 0 radical (unpaired) electrons. The molecule has 0 unspecified atom stereocenters. The molecule has 0 heterocycles. The number of halogens is 3. The van der Waals surface area contributed by atoms with Gasteiger partial charge in [-0.2, -0.15) is 0 Å². The molecule has 0 N–H and O–H groups in total. The van der Waals surface area contributed by atoms with Crippen LogP contribution in [0.4, 0.5) is 0 Å². The van der Waals surface area contributed by atoms with Gasteiger partial charge in [0.25, 0.3) is 0 Å². The zero-order valence-corrected chi connectivity index (χ0v) is 14.1. The SMILES string of the molecule is CCOP(=O)(OCC)O/C(=C\Cl)c1cc(Cl)ccc1Cl. The Morgan fingerprint density at radius 2 is 1.85 bits per heavy atom. The molecule has 0 saturated carbocycles. The maximum Gasteiger partial charge on any atom is 0.530 e. The number of phosphoric ester groups is 1. The molecule has 8 heteroatoms. The Bertz CT molecular complexity index is 523. The third kappa shape index (κ3) is 4.96. The maximum atomic E-state index is 12.3. The molecule has 0 fully saturated rings. The Kier molecular flexibility index (Phi) is 7.38. The maximum absolute atomic E-state index is 12.3. The van der Waals surface area contributed by atoms with Gasteiger partial charge in [0.2, 0.25) is 0 Å². The highest BCUT2D eigenvalue weighted by atomic mass is 35.5. The zero-order chi connectivity index (χ0) is 15.2. The largest absolute Gasteiger partial charge is 0.530 e. The van der Waals surface area contributed by atoms with Gasteiger partial charge >= 0.3 is 7.82 Å². The van der Waals surface area contributed by atoms with Crippen LogP contribution in [-0.2, 0) is 18.1 Å². The first-order valence-corrected chi connectivity index (χ1v) is 8.45. The van der Waals surface area contributed by atoms with Gasteiger partial charge < -0.3 is 4.52 Å². The molecular formula is C12H14Cl3O4P. The molecule has 0 aliphatic rings. The van der Waals surface area contributed by atoms with Crippen LogP contribution in [0.25, 0.3) is 5.76 Å². The second-order valence-electron chi connectivity index (χ2n) is 3.47. The lowest BCUT2D eigenvalue weighted by Gasteiger charge is -2.19. The molecule has 1 aromatic carbocycles. The van der Waals surface area contributed by atoms with E-state index in [1.807, 2.05) is 0 Å². The van der Waals surface area contributed by atoms with Crippen LogP contribution < -0.4 is 0 Å². The third-order valence-electron chi connectivity index (χ3n) is 2.08. The second kappa shape index (κ2) is 8.28. The highest BCUT2D eigenvalue weighted by Crippen LogP contribution is 2.53. The van der Waals surface area contributed by atoms with E-state index in [1.165, 1.54) is 0 Å². The van der Waals surface area contributed by atoms with Crippen molar-refractivity contribution >= 4 is 48.4 Å². The fraction of sp³-hybridized carbons (Fsp3) is 0.333. The van der Waals surface area contributed by atoms with Gasteiger partial charge in [-0.3, -0.25) is 9.05 Å². The average Bonchev–Trinajstić information content (AvgIpc) is 2.40. The van der Waals surface area contributed by atoms with E-state index < -0.39 is 7.82 Å². The summed E-state index contributed by atoms with van der Waals surface area (Å²) in [6, 6.07) is 4.74. The molecule has 0 spiro atoms. The minimum atomic E-state index is -3.75. The fourth-order valence-corrected chi connectivity index (χ4v) is 3.15. The summed E-state index contributed by atoms with van der Waals surface area (Å²) in [5.74, 6) is 0.0596. The van der Waals surface area contributed by atoms with Crippen molar-refractivity contribution in [2.75, 3.05) is 13.2 Å². The smallest absolute Gasteiger partial charge is 0.402 e. The minimum absolute atomic E-state index is 0.0596. The molecule has 1 aromatic rings. The van der Waals surface area contributed by atoms with E-state index in [0.717, 1.165) is 5.54 Å². The van der Waals surface area contributed by atoms with Crippen molar-refractivity contribution < 1.29 is 18.1 Å². The molecule has 0 aromatic heterocycles. The fourth-order valence-electron chi connectivity index (χ4n) is 1.34. The lowest BCUT2D eigenvalue weighted by molar-refractivity contribution is 0.159. The predicted molar refractivity (Wildman–Crippen MR) is 82.2 cm³/mol. The first-order chi connectivity index (χ1) is 9.45. The van der Waals surface area contributed by atoms with Crippen LogP contribution in [0.3, 0.4) is 0 Å². The van der Waals surface area contributed by atoms with E-state index in [2.05, 4.69) is 0 Å². The lowest BCUT2D eigenvalue weighted by atomic mass is 10.2. The van der Waals surface area contributed by atoms with Crippen molar-refractivity contribution in [1.29, 1.82) is 0 Å². The van der Waals surface area contributed by atoms with Crippen LogP contribution >= 0.6 is 42.6 Å². The molecule has 20 heavy (non-hydrogen) atoms. The number of hydrogen-bond acceptors (Lipinski definition) is 4. The Balaban J connectivity index is 3.08. The van der Waals surface area contributed by atoms with Crippen molar-refractivity contribution in [2.45, 2.75) is 13.8 Å². The summed E-state index contributed by atoms with van der Waals surface area (Å²) in [6.07, 6.45) is 0. The predicted octanol–water partition coefficient (Wildman–Crippen LogP) is 5.73. The molecule has 112 valence electrons. The average molecular weight is 360 g/mol. The van der Waals surface area contributed by atoms with Crippen LogP contribution in [0.2, 0.25) is 10.0 Å². The second-order valence-corrected chi connectivity index (χ2v) is 6.13. The topological polar surface area (TPSA) is 44.8 Å². The van der Waals surface area contributed by atoms with Crippen LogP contribution in [0.1, 0.15) is 19.4 Å². The normalized spacial score (nSPS) is 12.6. The van der Waals surface area contributed by atoms with E-state index in [4.69, 9.17) is 48.4 Å². The Morgan fingerprint density at radius 3 is 2.35 bits per heavy atom. The summed E-state index contributed by atoms with van der Waals surface area (Å²) in [5.41, 5.74) is 1.50. The Morgan fingerprint density at radius 1 is 1.25 bits per heavy atom. The molecule has 1 rings (SSSR count). The summed E-state index contributed by atoms with van der Waals surface area (Å²) in [5, 5.41) is 0.785. The number of benzene rings is 1. The van der Waals surface area contributed by atoms with Gasteiger partial charge in [-0.1, -0.05) is 34.8 Å². The van der Waals surface area contributed by atoms with Gasteiger partial charge in [-0.15, -0.1) is 0 Å². The molecule has 4 nitrogen and oxygen atoms in total. The standard InChI is InChI=1S/C12H14Cl3O4P/c1-3-17-20(16,18-4-2)19-12(8-13)10-7-9(14)5-6-11(10)15/h5-8H,3-4H2,1-2H3/b12-8-. The zero-order valence-electron chi connectivity index (χ0n) is 10.9. The van der Waals surface area contributed by atoms with Crippen molar-refractivity contribution in [2.24, 2.45) is 0 Å². The van der Waals surface area contributed by atoms with E-state index in [9.17, 15) is 4.57 Å². The van der Waals surface area contributed by atoms with Crippen molar-refractivity contribution in [3.8, 4) is 0 Å². The highest BCUT2D eigenvalue weighted by Gasteiger charge is 2.29. The van der Waals surface area contributed by atoms with Gasteiger partial charge in [0.05, 0.1) is 18.2 Å². The first-order valence-electron chi connectivity index (χ1n) is 5.80. The molecule has 0 aliphatic heterocycles. The van der Waals surface area contributed by atoms with Crippen molar-refractivity contribution in [3.63, 3.8) is 0 Å². The summed E-state index contributed by atoms with van der Waals surface area (Å²) >= 11 is 17.7. The molecule has 0 amide bonds. The highest BCUT2D eigenvalue weighted by molar-refractivity contribution is 7.48. The van der Waals surface area contributed by atoms with Crippen LogP contribution in [-0.4, -0.2) is 13.2 Å². The van der Waals surface area contributed by atoms with Crippen LogP contribution in [0.15, 0.2) is 23.7 Å². The summed E-state index contributed by atoms with van der Waals surface area (Å²) < 4.78 is 27.7. The molecule has 0 atom stereocenters. The summed E-state index contributed by atoms with van der Waals surface area (Å²) in [6.45, 7) is 3.67. The van der Waals surface area contributed by atoms with Gasteiger partial charge in [-0.25, -0.2) is 4.57 Å². The molecule has 0 saturated heterocycles. The lowest BCUT2D eigenvalue weighted by Crippen LogP contribution is -2.00. The van der Waals surface area contributed by atoms with E-state index >= 15 is 0 Å². The molecule has 0 bridgehead atoms. The quantitative estimate of drug-likeness (QED) is 0.461. The number of phosphoric acid groups is 1. The van der Waals surface area contributed by atoms with Crippen molar-refractivity contribution in [3.05, 3.63) is 39.3 Å². The van der Waals surface area contributed by atoms with Gasteiger partial charge in [-0.05, 0) is 32.0 Å². The third-order valence-corrected chi connectivity index (χ3v) is 4.41. The summed E-state index contributed by atoms with van der Waals surface area (Å²) in [7, 11) is -3.75. The van der Waals surface area contributed by atoms with E-state index in [0.29, 0.717) is 15.6 Å². The number of rotatable bonds is 7. The van der Waals surface area contributed by atoms with E-state index in [-0.39, 0.29) is 19.0 Å². The van der Waals surface area contributed by atoms with Crippen molar-refractivity contribution in [1.82, 2.24) is 0 Å². The monoisotopic (exact) mass is 358 g/mol. The number of hydrogen-bond donors (Lipinski definition) is 0. The Hall–Kier alpha value is -0.220. The van der Waals surface area contributed by atoms with Gasteiger partial charge in [0.15, 0.2) is 5.76 Å². The van der Waals surface area contributed by atoms with Gasteiger partial charge in [0.1, 0.15) is 0 Å². The van der Waals surface area contributed by atoms with Gasteiger partial charge in [0, 0.05) is 16.1 Å². The summed E-state index contributed by atoms with van der Waals surface area (Å²) in [4.78, 5) is 0. The molecule has 0 aliphatic carbocycles. The molecular weight excluding hydrogens is 345 g/mol. The van der Waals surface area contributed by atoms with Crippen LogP contribution in [0.5, 0.6) is 0 Å². The Labute approximate surface area is 133 Å². The van der Waals surface area contributed by atoms with E-state index in [1.54, 1.807) is 32.0 Å². The first kappa shape index (κ1) is 17.8. The minimum Gasteiger partial charge on any atom is -0.402 e.